The first-order valence-corrected chi connectivity index (χ1v) is 13.1. The summed E-state index contributed by atoms with van der Waals surface area (Å²) >= 11 is 1.76. The fraction of sp³-hybridized carbons (Fsp3) is 0.519. The molecular formula is C27H36N2O4S. The van der Waals surface area contributed by atoms with Gasteiger partial charge in [-0.1, -0.05) is 18.2 Å². The fourth-order valence-corrected chi connectivity index (χ4v) is 5.47. The third-order valence-electron chi connectivity index (χ3n) is 6.40. The van der Waals surface area contributed by atoms with Gasteiger partial charge >= 0.3 is 0 Å². The molecule has 2 unspecified atom stereocenters. The summed E-state index contributed by atoms with van der Waals surface area (Å²) in [6.07, 6.45) is 4.31. The molecule has 2 atom stereocenters. The van der Waals surface area contributed by atoms with Crippen LogP contribution in [0, 0.1) is 12.8 Å². The molecule has 1 saturated carbocycles. The van der Waals surface area contributed by atoms with E-state index in [1.807, 2.05) is 36.1 Å². The molecule has 7 heteroatoms. The zero-order valence-corrected chi connectivity index (χ0v) is 20.8. The van der Waals surface area contributed by atoms with Crippen LogP contribution in [0.3, 0.4) is 0 Å². The Labute approximate surface area is 206 Å². The number of rotatable bonds is 13. The van der Waals surface area contributed by atoms with Crippen LogP contribution >= 0.6 is 11.3 Å². The van der Waals surface area contributed by atoms with Crippen molar-refractivity contribution in [3.63, 3.8) is 0 Å². The van der Waals surface area contributed by atoms with Crippen LogP contribution in [0.2, 0.25) is 0 Å². The number of amides is 1. The smallest absolute Gasteiger partial charge is 0.237 e. The Balaban J connectivity index is 1.42. The van der Waals surface area contributed by atoms with Gasteiger partial charge in [-0.05, 0) is 66.8 Å². The molecule has 0 saturated heterocycles. The number of ether oxygens (including phenoxy) is 2. The van der Waals surface area contributed by atoms with Crippen LogP contribution in [-0.4, -0.2) is 72.9 Å². The summed E-state index contributed by atoms with van der Waals surface area (Å²) in [5.74, 6) is 1.54. The van der Waals surface area contributed by atoms with E-state index in [1.165, 1.54) is 23.3 Å². The number of carbonyl (C=O) groups is 1. The molecule has 184 valence electrons. The predicted molar refractivity (Wildman–Crippen MR) is 135 cm³/mol. The van der Waals surface area contributed by atoms with E-state index >= 15 is 0 Å². The van der Waals surface area contributed by atoms with Gasteiger partial charge in [-0.15, -0.1) is 17.9 Å². The van der Waals surface area contributed by atoms with Crippen molar-refractivity contribution >= 4 is 17.2 Å². The molecule has 0 radical (unpaired) electrons. The van der Waals surface area contributed by atoms with Crippen LogP contribution in [0.25, 0.3) is 0 Å². The van der Waals surface area contributed by atoms with E-state index in [1.54, 1.807) is 17.4 Å². The summed E-state index contributed by atoms with van der Waals surface area (Å²) in [7, 11) is 0. The van der Waals surface area contributed by atoms with Gasteiger partial charge in [0.15, 0.2) is 0 Å². The molecular weight excluding hydrogens is 448 g/mol. The van der Waals surface area contributed by atoms with Crippen molar-refractivity contribution in [3.05, 3.63) is 64.4 Å². The van der Waals surface area contributed by atoms with Crippen molar-refractivity contribution in [1.29, 1.82) is 0 Å². The molecule has 6 nitrogen and oxygen atoms in total. The fourth-order valence-electron chi connectivity index (χ4n) is 4.54. The first-order valence-electron chi connectivity index (χ1n) is 12.2. The Morgan fingerprint density at radius 3 is 3.00 bits per heavy atom. The molecule has 2 aliphatic rings. The number of benzene rings is 1. The highest BCUT2D eigenvalue weighted by atomic mass is 32.1. The molecule has 0 bridgehead atoms. The average molecular weight is 485 g/mol. The Morgan fingerprint density at radius 2 is 2.24 bits per heavy atom. The van der Waals surface area contributed by atoms with E-state index in [9.17, 15) is 9.90 Å². The summed E-state index contributed by atoms with van der Waals surface area (Å²) in [6.45, 7) is 9.04. The maximum atomic E-state index is 13.6. The minimum absolute atomic E-state index is 0.0922. The third kappa shape index (κ3) is 6.92. The molecule has 1 fully saturated rings. The zero-order valence-electron chi connectivity index (χ0n) is 20.0. The summed E-state index contributed by atoms with van der Waals surface area (Å²) in [6, 6.07) is 10.1. The first-order chi connectivity index (χ1) is 16.5. The lowest BCUT2D eigenvalue weighted by Crippen LogP contribution is -2.48. The van der Waals surface area contributed by atoms with Crippen molar-refractivity contribution in [2.24, 2.45) is 5.92 Å². The van der Waals surface area contributed by atoms with E-state index in [2.05, 4.69) is 22.9 Å². The number of carbonyl (C=O) groups excluding carboxylic acids is 1. The summed E-state index contributed by atoms with van der Waals surface area (Å²) < 4.78 is 11.6. The number of nitrogens with zero attached hydrogens (tertiary/aromatic N) is 2. The molecule has 1 aromatic heterocycles. The molecule has 0 spiro atoms. The van der Waals surface area contributed by atoms with E-state index in [4.69, 9.17) is 9.47 Å². The predicted octanol–water partition coefficient (Wildman–Crippen LogP) is 3.84. The van der Waals surface area contributed by atoms with Gasteiger partial charge in [0.05, 0.1) is 31.9 Å². The Morgan fingerprint density at radius 1 is 1.38 bits per heavy atom. The lowest BCUT2D eigenvalue weighted by atomic mass is 10.0. The van der Waals surface area contributed by atoms with Crippen molar-refractivity contribution in [3.8, 4) is 5.75 Å². The van der Waals surface area contributed by atoms with Crippen LogP contribution in [0.15, 0.2) is 48.4 Å². The highest BCUT2D eigenvalue weighted by Gasteiger charge is 2.34. The topological polar surface area (TPSA) is 62.2 Å². The maximum absolute atomic E-state index is 13.6. The van der Waals surface area contributed by atoms with Gasteiger partial charge in [-0.3, -0.25) is 9.69 Å². The maximum Gasteiger partial charge on any atom is 0.237 e. The zero-order chi connectivity index (χ0) is 23.9. The highest BCUT2D eigenvalue weighted by Crippen LogP contribution is 2.34. The molecule has 2 aromatic rings. The number of aliphatic hydroxyl groups is 1. The summed E-state index contributed by atoms with van der Waals surface area (Å²) in [5, 5.41) is 12.6. The van der Waals surface area contributed by atoms with Gasteiger partial charge in [0.2, 0.25) is 5.91 Å². The number of fused-ring (bicyclic) bond motifs is 1. The third-order valence-corrected chi connectivity index (χ3v) is 7.40. The Kier molecular flexibility index (Phi) is 8.78. The van der Waals surface area contributed by atoms with Gasteiger partial charge < -0.3 is 19.5 Å². The van der Waals surface area contributed by atoms with Gasteiger partial charge in [0, 0.05) is 24.5 Å². The minimum Gasteiger partial charge on any atom is -0.491 e. The molecule has 1 N–H and O–H groups in total. The molecule has 1 amide bonds. The minimum atomic E-state index is -0.628. The Hall–Kier alpha value is -2.19. The van der Waals surface area contributed by atoms with Gasteiger partial charge in [-0.2, -0.15) is 0 Å². The Bertz CT molecular complexity index is 958. The van der Waals surface area contributed by atoms with Gasteiger partial charge in [-0.25, -0.2) is 0 Å². The van der Waals surface area contributed by atoms with E-state index < -0.39 is 6.10 Å². The second-order valence-corrected chi connectivity index (χ2v) is 10.4. The lowest BCUT2D eigenvalue weighted by molar-refractivity contribution is -0.136. The van der Waals surface area contributed by atoms with Crippen molar-refractivity contribution in [2.45, 2.75) is 38.3 Å². The second kappa shape index (κ2) is 12.0. The normalized spacial score (nSPS) is 18.6. The SMILES string of the molecule is C=CCOCC(O)CN(CC(=O)N1CCc2sccc2C1COc1cccc(C)c1)CC1CC1. The van der Waals surface area contributed by atoms with Crippen LogP contribution in [0.4, 0.5) is 0 Å². The highest BCUT2D eigenvalue weighted by molar-refractivity contribution is 7.10. The molecule has 1 aliphatic heterocycles. The number of hydrogen-bond acceptors (Lipinski definition) is 6. The quantitative estimate of drug-likeness (QED) is 0.346. The monoisotopic (exact) mass is 484 g/mol. The van der Waals surface area contributed by atoms with E-state index in [0.29, 0.717) is 38.8 Å². The molecule has 1 aliphatic carbocycles. The van der Waals surface area contributed by atoms with Crippen LogP contribution in [0.5, 0.6) is 5.75 Å². The molecule has 1 aromatic carbocycles. The van der Waals surface area contributed by atoms with Gasteiger partial charge in [0.1, 0.15) is 12.4 Å². The molecule has 4 rings (SSSR count). The molecule has 2 heterocycles. The average Bonchev–Trinajstić information content (AvgIpc) is 3.49. The van der Waals surface area contributed by atoms with Gasteiger partial charge in [0.25, 0.3) is 0 Å². The largest absolute Gasteiger partial charge is 0.491 e. The van der Waals surface area contributed by atoms with Crippen LogP contribution < -0.4 is 4.74 Å². The van der Waals surface area contributed by atoms with Crippen LogP contribution in [0.1, 0.15) is 34.9 Å². The standard InChI is InChI=1S/C27H36N2O4S/c1-3-12-32-18-22(30)16-28(15-21-7-8-21)17-27(31)29-11-9-26-24(10-13-34-26)25(29)19-33-23-6-4-5-20(2)14-23/h3-6,10,13-14,21-22,25,30H,1,7-9,11-12,15-19H2,2H3. The van der Waals surface area contributed by atoms with Crippen molar-refractivity contribution in [2.75, 3.05) is 46.0 Å². The van der Waals surface area contributed by atoms with Crippen molar-refractivity contribution < 1.29 is 19.4 Å². The van der Waals surface area contributed by atoms with E-state index in [0.717, 1.165) is 24.3 Å². The molecule has 34 heavy (non-hydrogen) atoms. The first kappa shape index (κ1) is 24.9. The van der Waals surface area contributed by atoms with Crippen LogP contribution in [-0.2, 0) is 16.0 Å². The number of aliphatic hydroxyl groups excluding tert-OH is 1. The number of aryl methyl sites for hydroxylation is 1. The number of hydrogen-bond donors (Lipinski definition) is 1. The lowest BCUT2D eigenvalue weighted by Gasteiger charge is -2.37. The second-order valence-electron chi connectivity index (χ2n) is 9.40. The summed E-state index contributed by atoms with van der Waals surface area (Å²) in [5.41, 5.74) is 2.35. The van der Waals surface area contributed by atoms with E-state index in [-0.39, 0.29) is 18.6 Å². The number of thiophene rings is 1. The van der Waals surface area contributed by atoms with Crippen molar-refractivity contribution in [1.82, 2.24) is 9.80 Å². The summed E-state index contributed by atoms with van der Waals surface area (Å²) in [4.78, 5) is 19.0.